The van der Waals surface area contributed by atoms with Crippen LogP contribution in [0.2, 0.25) is 0 Å². The zero-order valence-corrected chi connectivity index (χ0v) is 15.2. The van der Waals surface area contributed by atoms with E-state index in [4.69, 9.17) is 4.42 Å². The maximum atomic E-state index is 14.7. The molecule has 1 fully saturated rings. The van der Waals surface area contributed by atoms with Crippen LogP contribution in [-0.2, 0) is 10.0 Å². The second-order valence-corrected chi connectivity index (χ2v) is 8.40. The van der Waals surface area contributed by atoms with Crippen LogP contribution in [-0.4, -0.2) is 34.1 Å². The fourth-order valence-electron chi connectivity index (χ4n) is 2.66. The molecule has 0 atom stereocenters. The Bertz CT molecular complexity index is 1140. The first-order valence-electron chi connectivity index (χ1n) is 7.99. The van der Waals surface area contributed by atoms with Crippen molar-refractivity contribution in [3.63, 3.8) is 0 Å². The van der Waals surface area contributed by atoms with E-state index >= 15 is 0 Å². The summed E-state index contributed by atoms with van der Waals surface area (Å²) < 4.78 is 47.9. The van der Waals surface area contributed by atoms with E-state index in [-0.39, 0.29) is 27.4 Å². The van der Waals surface area contributed by atoms with Crippen LogP contribution in [0.4, 0.5) is 4.39 Å². The van der Waals surface area contributed by atoms with Gasteiger partial charge in [-0.05, 0) is 38.8 Å². The van der Waals surface area contributed by atoms with E-state index in [0.717, 1.165) is 18.9 Å². The molecule has 0 amide bonds. The summed E-state index contributed by atoms with van der Waals surface area (Å²) in [5.41, 5.74) is -0.276. The third-order valence-electron chi connectivity index (χ3n) is 4.26. The molecule has 4 rings (SSSR count). The summed E-state index contributed by atoms with van der Waals surface area (Å²) >= 11 is 0. The maximum Gasteiger partial charge on any atom is 0.267 e. The van der Waals surface area contributed by atoms with Crippen molar-refractivity contribution in [1.82, 2.24) is 24.9 Å². The summed E-state index contributed by atoms with van der Waals surface area (Å²) in [6, 6.07) is 2.30. The van der Waals surface area contributed by atoms with Gasteiger partial charge in [0.15, 0.2) is 5.82 Å². The Morgan fingerprint density at radius 2 is 1.92 bits per heavy atom. The Morgan fingerprint density at radius 3 is 2.54 bits per heavy atom. The lowest BCUT2D eigenvalue weighted by Crippen LogP contribution is -2.34. The second kappa shape index (κ2) is 5.52. The molecule has 26 heavy (non-hydrogen) atoms. The fourth-order valence-corrected chi connectivity index (χ4v) is 4.16. The van der Waals surface area contributed by atoms with Crippen molar-refractivity contribution >= 4 is 20.9 Å². The van der Waals surface area contributed by atoms with Crippen LogP contribution in [0.15, 0.2) is 21.4 Å². The van der Waals surface area contributed by atoms with Crippen LogP contribution in [0.5, 0.6) is 0 Å². The molecule has 1 aromatic carbocycles. The van der Waals surface area contributed by atoms with Gasteiger partial charge in [0, 0.05) is 17.8 Å². The molecular formula is C16H16FN5O3S. The topological polar surface area (TPSA) is 111 Å². The first-order chi connectivity index (χ1) is 12.2. The molecule has 136 valence electrons. The van der Waals surface area contributed by atoms with Crippen molar-refractivity contribution in [3.05, 3.63) is 29.7 Å². The second-order valence-electron chi connectivity index (χ2n) is 6.71. The minimum absolute atomic E-state index is 0.0000586. The number of hydrogen-bond donors (Lipinski definition) is 1. The third-order valence-corrected chi connectivity index (χ3v) is 5.88. The van der Waals surface area contributed by atoms with E-state index in [9.17, 15) is 12.8 Å². The summed E-state index contributed by atoms with van der Waals surface area (Å²) in [5.74, 6) is -0.0562. The Balaban J connectivity index is 1.94. The average Bonchev–Trinajstić information content (AvgIpc) is 3.10. The van der Waals surface area contributed by atoms with Crippen molar-refractivity contribution in [3.8, 4) is 11.6 Å². The van der Waals surface area contributed by atoms with Gasteiger partial charge in [0.25, 0.3) is 5.89 Å². The number of nitrogens with one attached hydrogen (secondary N) is 1. The Hall–Kier alpha value is -2.46. The van der Waals surface area contributed by atoms with Gasteiger partial charge in [-0.3, -0.25) is 0 Å². The quantitative estimate of drug-likeness (QED) is 0.742. The lowest BCUT2D eigenvalue weighted by molar-refractivity contribution is 0.531. The summed E-state index contributed by atoms with van der Waals surface area (Å²) in [4.78, 5) is 8.14. The molecular weight excluding hydrogens is 361 g/mol. The van der Waals surface area contributed by atoms with Crippen molar-refractivity contribution in [2.45, 2.75) is 44.0 Å². The van der Waals surface area contributed by atoms with Crippen molar-refractivity contribution in [1.29, 1.82) is 0 Å². The zero-order chi connectivity index (χ0) is 18.7. The van der Waals surface area contributed by atoms with Crippen LogP contribution in [0.25, 0.3) is 22.5 Å². The summed E-state index contributed by atoms with van der Waals surface area (Å²) in [5, 5.41) is 7.85. The highest BCUT2D eigenvalue weighted by molar-refractivity contribution is 7.89. The molecule has 2 aromatic heterocycles. The number of halogens is 1. The molecule has 1 saturated carbocycles. The Morgan fingerprint density at radius 1 is 1.19 bits per heavy atom. The minimum Gasteiger partial charge on any atom is -0.420 e. The largest absolute Gasteiger partial charge is 0.420 e. The number of sulfonamides is 1. The van der Waals surface area contributed by atoms with Gasteiger partial charge in [0.05, 0.1) is 4.90 Å². The van der Waals surface area contributed by atoms with Gasteiger partial charge < -0.3 is 4.42 Å². The van der Waals surface area contributed by atoms with E-state index in [1.807, 2.05) is 0 Å². The number of hydrogen-bond acceptors (Lipinski definition) is 7. The average molecular weight is 377 g/mol. The van der Waals surface area contributed by atoms with Crippen molar-refractivity contribution < 1.29 is 17.2 Å². The lowest BCUT2D eigenvalue weighted by Gasteiger charge is -2.13. The Labute approximate surface area is 148 Å². The molecule has 0 spiro atoms. The highest BCUT2D eigenvalue weighted by Gasteiger charge is 2.41. The summed E-state index contributed by atoms with van der Waals surface area (Å²) in [6.45, 7) is 5.02. The van der Waals surface area contributed by atoms with Gasteiger partial charge in [-0.15, -0.1) is 10.2 Å². The Kier molecular flexibility index (Phi) is 3.60. The first kappa shape index (κ1) is 17.0. The van der Waals surface area contributed by atoms with Gasteiger partial charge in [-0.25, -0.2) is 27.5 Å². The molecule has 1 aliphatic rings. The van der Waals surface area contributed by atoms with Gasteiger partial charge in [0.2, 0.25) is 15.9 Å². The molecule has 2 heterocycles. The molecule has 0 saturated heterocycles. The van der Waals surface area contributed by atoms with Gasteiger partial charge in [-0.1, -0.05) is 0 Å². The molecule has 0 bridgehead atoms. The molecule has 0 radical (unpaired) electrons. The zero-order valence-electron chi connectivity index (χ0n) is 14.4. The molecule has 3 aromatic rings. The fraction of sp³-hybridized carbons (Fsp3) is 0.375. The highest BCUT2D eigenvalue weighted by atomic mass is 32.2. The SMILES string of the molecule is Cc1nc(-c2nnc(C)o2)c2cc(S(=O)(=O)NC3(C)CC3)cc(F)c2n1. The number of fused-ring (bicyclic) bond motifs is 1. The van der Waals surface area contributed by atoms with Crippen LogP contribution < -0.4 is 4.72 Å². The minimum atomic E-state index is -3.89. The molecule has 1 aliphatic carbocycles. The monoisotopic (exact) mass is 377 g/mol. The number of nitrogens with zero attached hydrogens (tertiary/aromatic N) is 4. The van der Waals surface area contributed by atoms with Crippen LogP contribution in [0.3, 0.4) is 0 Å². The van der Waals surface area contributed by atoms with Crippen LogP contribution in [0.1, 0.15) is 31.5 Å². The normalized spacial score (nSPS) is 16.2. The molecule has 1 N–H and O–H groups in total. The predicted octanol–water partition coefficient (Wildman–Crippen LogP) is 2.27. The molecule has 0 unspecified atom stereocenters. The van der Waals surface area contributed by atoms with Crippen LogP contribution >= 0.6 is 0 Å². The molecule has 8 nitrogen and oxygen atoms in total. The van der Waals surface area contributed by atoms with E-state index in [1.54, 1.807) is 20.8 Å². The van der Waals surface area contributed by atoms with E-state index in [1.165, 1.54) is 6.07 Å². The van der Waals surface area contributed by atoms with E-state index < -0.39 is 21.4 Å². The number of benzene rings is 1. The molecule has 10 heteroatoms. The molecule has 0 aliphatic heterocycles. The lowest BCUT2D eigenvalue weighted by atomic mass is 10.1. The van der Waals surface area contributed by atoms with Gasteiger partial charge in [0.1, 0.15) is 17.0 Å². The first-order valence-corrected chi connectivity index (χ1v) is 9.48. The summed E-state index contributed by atoms with van der Waals surface area (Å²) in [7, 11) is -3.89. The van der Waals surface area contributed by atoms with Crippen LogP contribution in [0, 0.1) is 19.7 Å². The standard InChI is InChI=1S/C16H16FN5O3S/c1-8-18-13-11(14(19-8)15-21-20-9(2)25-15)6-10(7-12(13)17)26(23,24)22-16(3)4-5-16/h6-7,22H,4-5H2,1-3H3. The van der Waals surface area contributed by atoms with E-state index in [0.29, 0.717) is 11.7 Å². The number of aromatic nitrogens is 4. The smallest absolute Gasteiger partial charge is 0.267 e. The van der Waals surface area contributed by atoms with Gasteiger partial charge >= 0.3 is 0 Å². The summed E-state index contributed by atoms with van der Waals surface area (Å²) in [6.07, 6.45) is 1.49. The maximum absolute atomic E-state index is 14.7. The van der Waals surface area contributed by atoms with Crippen molar-refractivity contribution in [2.24, 2.45) is 0 Å². The van der Waals surface area contributed by atoms with E-state index in [2.05, 4.69) is 24.9 Å². The number of aryl methyl sites for hydroxylation is 2. The predicted molar refractivity (Wildman–Crippen MR) is 90.2 cm³/mol. The van der Waals surface area contributed by atoms with Gasteiger partial charge in [-0.2, -0.15) is 0 Å². The van der Waals surface area contributed by atoms with Crippen molar-refractivity contribution in [2.75, 3.05) is 0 Å². The third kappa shape index (κ3) is 2.95. The number of rotatable bonds is 4. The highest BCUT2D eigenvalue weighted by Crippen LogP contribution is 2.36.